The van der Waals surface area contributed by atoms with Crippen molar-refractivity contribution in [2.75, 3.05) is 0 Å². The number of pyridine rings is 1. The van der Waals surface area contributed by atoms with Crippen LogP contribution in [0.3, 0.4) is 0 Å². The van der Waals surface area contributed by atoms with Gasteiger partial charge in [-0.1, -0.05) is 20.8 Å². The molecule has 2 N–H and O–H groups in total. The Kier molecular flexibility index (Phi) is 1.77. The monoisotopic (exact) mass is 190 g/mol. The number of fused-ring (bicyclic) bond motifs is 1. The largest absolute Gasteiger partial charge is 0.353 e. The molecule has 2 aromatic heterocycles. The van der Waals surface area contributed by atoms with Crippen molar-refractivity contribution in [3.63, 3.8) is 0 Å². The number of aromatic nitrogens is 2. The van der Waals surface area contributed by atoms with Gasteiger partial charge in [-0.15, -0.1) is 0 Å². The van der Waals surface area contributed by atoms with E-state index in [1.807, 2.05) is 12.1 Å². The standard InChI is InChI=1S/C11H14N2O/c1-11(2,3)8-6-7-4-5-12-10(14)9(7)13-8/h4-6,13H,1-3H3,(H,12,14). The van der Waals surface area contributed by atoms with E-state index in [0.29, 0.717) is 5.52 Å². The van der Waals surface area contributed by atoms with Gasteiger partial charge in [-0.05, 0) is 12.1 Å². The van der Waals surface area contributed by atoms with E-state index in [1.165, 1.54) is 0 Å². The zero-order chi connectivity index (χ0) is 10.3. The van der Waals surface area contributed by atoms with Crippen LogP contribution in [-0.4, -0.2) is 9.97 Å². The molecule has 0 saturated heterocycles. The van der Waals surface area contributed by atoms with Crippen molar-refractivity contribution in [2.45, 2.75) is 26.2 Å². The molecule has 2 aromatic rings. The summed E-state index contributed by atoms with van der Waals surface area (Å²) in [6.45, 7) is 6.35. The van der Waals surface area contributed by atoms with Crippen LogP contribution in [-0.2, 0) is 5.41 Å². The zero-order valence-corrected chi connectivity index (χ0v) is 8.64. The van der Waals surface area contributed by atoms with Crippen molar-refractivity contribution < 1.29 is 0 Å². The Morgan fingerprint density at radius 2 is 2.00 bits per heavy atom. The Morgan fingerprint density at radius 3 is 2.57 bits per heavy atom. The van der Waals surface area contributed by atoms with Crippen LogP contribution in [0.1, 0.15) is 26.5 Å². The van der Waals surface area contributed by atoms with E-state index in [0.717, 1.165) is 11.1 Å². The minimum atomic E-state index is -0.0574. The fourth-order valence-electron chi connectivity index (χ4n) is 1.47. The average Bonchev–Trinajstić information content (AvgIpc) is 2.48. The summed E-state index contributed by atoms with van der Waals surface area (Å²) in [5.74, 6) is 0. The normalized spacial score (nSPS) is 12.2. The van der Waals surface area contributed by atoms with Gasteiger partial charge in [0, 0.05) is 22.7 Å². The molecule has 0 atom stereocenters. The molecule has 74 valence electrons. The van der Waals surface area contributed by atoms with Crippen LogP contribution in [0.5, 0.6) is 0 Å². The number of nitrogens with one attached hydrogen (secondary N) is 2. The summed E-state index contributed by atoms with van der Waals surface area (Å²) >= 11 is 0. The molecule has 0 saturated carbocycles. The SMILES string of the molecule is CC(C)(C)c1cc2cc[nH]c(=O)c2[nH]1. The molecule has 14 heavy (non-hydrogen) atoms. The Morgan fingerprint density at radius 1 is 1.29 bits per heavy atom. The number of aromatic amines is 2. The molecule has 0 aliphatic carbocycles. The van der Waals surface area contributed by atoms with Crippen LogP contribution >= 0.6 is 0 Å². The van der Waals surface area contributed by atoms with Crippen LogP contribution in [0.4, 0.5) is 0 Å². The number of H-pyrrole nitrogens is 2. The lowest BCUT2D eigenvalue weighted by molar-refractivity contribution is 0.574. The molecule has 3 nitrogen and oxygen atoms in total. The highest BCUT2D eigenvalue weighted by atomic mass is 16.1. The fraction of sp³-hybridized carbons (Fsp3) is 0.364. The van der Waals surface area contributed by atoms with Crippen LogP contribution < -0.4 is 5.56 Å². The first kappa shape index (κ1) is 9.06. The minimum Gasteiger partial charge on any atom is -0.353 e. The van der Waals surface area contributed by atoms with E-state index in [2.05, 4.69) is 30.7 Å². The fourth-order valence-corrected chi connectivity index (χ4v) is 1.47. The highest BCUT2D eigenvalue weighted by Crippen LogP contribution is 2.23. The Bertz CT molecular complexity index is 514. The van der Waals surface area contributed by atoms with Crippen molar-refractivity contribution in [1.82, 2.24) is 9.97 Å². The molecule has 2 rings (SSSR count). The van der Waals surface area contributed by atoms with Gasteiger partial charge in [0.25, 0.3) is 5.56 Å². The molecular formula is C11H14N2O. The quantitative estimate of drug-likeness (QED) is 0.657. The first-order valence-corrected chi connectivity index (χ1v) is 4.69. The molecule has 0 amide bonds. The molecule has 2 heterocycles. The molecule has 0 aliphatic heterocycles. The molecule has 0 radical (unpaired) electrons. The van der Waals surface area contributed by atoms with Crippen molar-refractivity contribution >= 4 is 10.9 Å². The second-order valence-corrected chi connectivity index (χ2v) is 4.57. The van der Waals surface area contributed by atoms with Gasteiger partial charge in [-0.25, -0.2) is 0 Å². The first-order chi connectivity index (χ1) is 6.48. The summed E-state index contributed by atoms with van der Waals surface area (Å²) in [6, 6.07) is 3.94. The van der Waals surface area contributed by atoms with E-state index < -0.39 is 0 Å². The van der Waals surface area contributed by atoms with Gasteiger partial charge in [-0.2, -0.15) is 0 Å². The van der Waals surface area contributed by atoms with Gasteiger partial charge in [0.05, 0.1) is 0 Å². The summed E-state index contributed by atoms with van der Waals surface area (Å²) in [4.78, 5) is 17.2. The molecule has 3 heteroatoms. The smallest absolute Gasteiger partial charge is 0.272 e. The molecule has 0 spiro atoms. The van der Waals surface area contributed by atoms with Crippen LogP contribution in [0.2, 0.25) is 0 Å². The number of rotatable bonds is 0. The third-order valence-electron chi connectivity index (χ3n) is 2.36. The van der Waals surface area contributed by atoms with E-state index >= 15 is 0 Å². The lowest BCUT2D eigenvalue weighted by Gasteiger charge is -2.15. The molecular weight excluding hydrogens is 176 g/mol. The lowest BCUT2D eigenvalue weighted by atomic mass is 9.92. The topological polar surface area (TPSA) is 48.6 Å². The maximum Gasteiger partial charge on any atom is 0.272 e. The predicted molar refractivity (Wildman–Crippen MR) is 57.6 cm³/mol. The van der Waals surface area contributed by atoms with Crippen LogP contribution in [0.25, 0.3) is 10.9 Å². The van der Waals surface area contributed by atoms with Crippen molar-refractivity contribution in [3.8, 4) is 0 Å². The van der Waals surface area contributed by atoms with Gasteiger partial charge < -0.3 is 9.97 Å². The third kappa shape index (κ3) is 1.35. The summed E-state index contributed by atoms with van der Waals surface area (Å²) in [7, 11) is 0. The zero-order valence-electron chi connectivity index (χ0n) is 8.64. The molecule has 0 aromatic carbocycles. The summed E-state index contributed by atoms with van der Waals surface area (Å²) < 4.78 is 0. The van der Waals surface area contributed by atoms with E-state index in [4.69, 9.17) is 0 Å². The van der Waals surface area contributed by atoms with E-state index in [-0.39, 0.29) is 11.0 Å². The van der Waals surface area contributed by atoms with Gasteiger partial charge in [-0.3, -0.25) is 4.79 Å². The summed E-state index contributed by atoms with van der Waals surface area (Å²) in [5, 5.41) is 0.971. The van der Waals surface area contributed by atoms with Gasteiger partial charge in [0.2, 0.25) is 0 Å². The van der Waals surface area contributed by atoms with Crippen molar-refractivity contribution in [3.05, 3.63) is 34.4 Å². The van der Waals surface area contributed by atoms with Crippen molar-refractivity contribution in [2.24, 2.45) is 0 Å². The number of hydrogen-bond acceptors (Lipinski definition) is 1. The van der Waals surface area contributed by atoms with Crippen LogP contribution in [0.15, 0.2) is 23.1 Å². The molecule has 0 unspecified atom stereocenters. The highest BCUT2D eigenvalue weighted by Gasteiger charge is 2.16. The van der Waals surface area contributed by atoms with Crippen LogP contribution in [0, 0.1) is 0 Å². The average molecular weight is 190 g/mol. The van der Waals surface area contributed by atoms with Gasteiger partial charge in [0.15, 0.2) is 0 Å². The molecule has 0 fully saturated rings. The summed E-state index contributed by atoms with van der Waals surface area (Å²) in [5.41, 5.74) is 1.74. The maximum atomic E-state index is 11.4. The maximum absolute atomic E-state index is 11.4. The van der Waals surface area contributed by atoms with E-state index in [1.54, 1.807) is 6.20 Å². The second kappa shape index (κ2) is 2.74. The second-order valence-electron chi connectivity index (χ2n) is 4.57. The highest BCUT2D eigenvalue weighted by molar-refractivity contribution is 5.79. The Hall–Kier alpha value is -1.51. The molecule has 0 aliphatic rings. The minimum absolute atomic E-state index is 0.0471. The predicted octanol–water partition coefficient (Wildman–Crippen LogP) is 2.15. The Labute approximate surface area is 82.2 Å². The summed E-state index contributed by atoms with van der Waals surface area (Å²) in [6.07, 6.45) is 1.67. The first-order valence-electron chi connectivity index (χ1n) is 4.69. The number of hydrogen-bond donors (Lipinski definition) is 2. The van der Waals surface area contributed by atoms with Crippen molar-refractivity contribution in [1.29, 1.82) is 0 Å². The molecule has 0 bridgehead atoms. The Balaban J connectivity index is 2.75. The lowest BCUT2D eigenvalue weighted by Crippen LogP contribution is -2.12. The van der Waals surface area contributed by atoms with E-state index in [9.17, 15) is 4.79 Å². The van der Waals surface area contributed by atoms with Gasteiger partial charge in [0.1, 0.15) is 5.52 Å². The van der Waals surface area contributed by atoms with Gasteiger partial charge >= 0.3 is 0 Å². The third-order valence-corrected chi connectivity index (χ3v) is 2.36.